The first-order chi connectivity index (χ1) is 17.4. The van der Waals surface area contributed by atoms with Gasteiger partial charge in [0.05, 0.1) is 17.5 Å². The summed E-state index contributed by atoms with van der Waals surface area (Å²) < 4.78 is 33.1. The Labute approximate surface area is 209 Å². The van der Waals surface area contributed by atoms with Gasteiger partial charge >= 0.3 is 6.09 Å². The van der Waals surface area contributed by atoms with E-state index in [0.29, 0.717) is 30.7 Å². The molecule has 2 amide bonds. The number of carbonyl (C=O) groups excluding carboxylic acids is 2. The molecule has 184 valence electrons. The average molecular weight is 504 g/mol. The Morgan fingerprint density at radius 3 is 2.31 bits per heavy atom. The number of aromatic nitrogens is 1. The second-order valence-electron chi connectivity index (χ2n) is 8.70. The third-order valence-corrected chi connectivity index (χ3v) is 8.07. The summed E-state index contributed by atoms with van der Waals surface area (Å²) in [4.78, 5) is 25.6. The molecule has 0 aliphatic carbocycles. The van der Waals surface area contributed by atoms with Crippen LogP contribution < -0.4 is 5.32 Å². The number of hydrogen-bond acceptors (Lipinski definition) is 5. The van der Waals surface area contributed by atoms with E-state index in [4.69, 9.17) is 0 Å². The molecule has 3 aromatic carbocycles. The van der Waals surface area contributed by atoms with Crippen LogP contribution in [-0.4, -0.2) is 56.0 Å². The van der Waals surface area contributed by atoms with E-state index < -0.39 is 10.0 Å². The van der Waals surface area contributed by atoms with Crippen LogP contribution in [0.2, 0.25) is 0 Å². The third kappa shape index (κ3) is 4.33. The first kappa shape index (κ1) is 23.6. The van der Waals surface area contributed by atoms with Gasteiger partial charge in [0.2, 0.25) is 0 Å². The monoisotopic (exact) mass is 503 g/mol. The molecule has 0 saturated carbocycles. The van der Waals surface area contributed by atoms with Crippen molar-refractivity contribution in [2.75, 3.05) is 26.7 Å². The van der Waals surface area contributed by atoms with Crippen molar-refractivity contribution in [1.82, 2.24) is 14.2 Å². The maximum Gasteiger partial charge on any atom is 0.409 e. The number of rotatable bonds is 6. The van der Waals surface area contributed by atoms with Crippen molar-refractivity contribution in [3.8, 4) is 11.1 Å². The van der Waals surface area contributed by atoms with Gasteiger partial charge in [-0.25, -0.2) is 17.2 Å². The van der Waals surface area contributed by atoms with Gasteiger partial charge in [-0.3, -0.25) is 4.79 Å². The van der Waals surface area contributed by atoms with Gasteiger partial charge in [0.15, 0.2) is 0 Å². The molecule has 2 heterocycles. The smallest absolute Gasteiger partial charge is 0.409 e. The zero-order valence-electron chi connectivity index (χ0n) is 19.6. The molecule has 8 nitrogen and oxygen atoms in total. The summed E-state index contributed by atoms with van der Waals surface area (Å²) in [5.74, 6) is -0.137. The minimum Gasteiger partial charge on any atom is -0.453 e. The summed E-state index contributed by atoms with van der Waals surface area (Å²) >= 11 is 0. The Bertz CT molecular complexity index is 1520. The van der Waals surface area contributed by atoms with Gasteiger partial charge in [-0.2, -0.15) is 0 Å². The van der Waals surface area contributed by atoms with Gasteiger partial charge in [-0.05, 0) is 35.9 Å². The zero-order chi connectivity index (χ0) is 25.3. The number of ether oxygens (including phenoxy) is 1. The van der Waals surface area contributed by atoms with E-state index >= 15 is 0 Å². The van der Waals surface area contributed by atoms with Crippen molar-refractivity contribution >= 4 is 32.9 Å². The van der Waals surface area contributed by atoms with E-state index in [2.05, 4.69) is 10.1 Å². The molecule has 5 rings (SSSR count). The van der Waals surface area contributed by atoms with E-state index in [-0.39, 0.29) is 22.8 Å². The van der Waals surface area contributed by atoms with Crippen molar-refractivity contribution in [1.29, 1.82) is 0 Å². The molecule has 1 saturated heterocycles. The molecule has 1 fully saturated rings. The lowest BCUT2D eigenvalue weighted by Gasteiger charge is -2.37. The van der Waals surface area contributed by atoms with Gasteiger partial charge in [0.25, 0.3) is 15.9 Å². The summed E-state index contributed by atoms with van der Waals surface area (Å²) in [6.45, 7) is 1.48. The van der Waals surface area contributed by atoms with Gasteiger partial charge in [-0.15, -0.1) is 0 Å². The standard InChI is InChI=1S/C27H25N3O5S/c1-35-27(32)29-16-19(17-29)15-28-26(31)21-11-13-22(14-12-21)36(33,34)30-18-24(20-7-3-2-4-8-20)23-9-5-6-10-25(23)30/h2-14,18-19H,15-17H2,1H3,(H,28,31). The minimum absolute atomic E-state index is 0.0899. The van der Waals surface area contributed by atoms with Crippen LogP contribution in [0, 0.1) is 5.92 Å². The first-order valence-electron chi connectivity index (χ1n) is 11.5. The van der Waals surface area contributed by atoms with Gasteiger partial charge < -0.3 is 15.0 Å². The van der Waals surface area contributed by atoms with E-state index in [9.17, 15) is 18.0 Å². The lowest BCUT2D eigenvalue weighted by atomic mass is 10.0. The maximum absolute atomic E-state index is 13.6. The van der Waals surface area contributed by atoms with Crippen LogP contribution in [0.4, 0.5) is 4.79 Å². The Balaban J connectivity index is 1.34. The Morgan fingerprint density at radius 1 is 0.944 bits per heavy atom. The average Bonchev–Trinajstić information content (AvgIpc) is 3.28. The Morgan fingerprint density at radius 2 is 1.61 bits per heavy atom. The van der Waals surface area contributed by atoms with Crippen LogP contribution in [0.5, 0.6) is 0 Å². The van der Waals surface area contributed by atoms with Crippen LogP contribution in [0.1, 0.15) is 10.4 Å². The topological polar surface area (TPSA) is 97.7 Å². The molecule has 0 spiro atoms. The number of nitrogens with zero attached hydrogens (tertiary/aromatic N) is 2. The second kappa shape index (κ2) is 9.50. The third-order valence-electron chi connectivity index (χ3n) is 6.38. The number of methoxy groups -OCH3 is 1. The highest BCUT2D eigenvalue weighted by Gasteiger charge is 2.31. The predicted octanol–water partition coefficient (Wildman–Crippen LogP) is 3.97. The Hall–Kier alpha value is -4.11. The summed E-state index contributed by atoms with van der Waals surface area (Å²) in [7, 11) is -2.56. The van der Waals surface area contributed by atoms with Crippen molar-refractivity contribution in [3.63, 3.8) is 0 Å². The number of hydrogen-bond donors (Lipinski definition) is 1. The quantitative estimate of drug-likeness (QED) is 0.429. The van der Waals surface area contributed by atoms with Gasteiger partial charge in [0, 0.05) is 48.3 Å². The molecule has 1 aliphatic rings. The van der Waals surface area contributed by atoms with E-state index in [1.54, 1.807) is 17.2 Å². The summed E-state index contributed by atoms with van der Waals surface area (Å²) in [6, 6.07) is 22.9. The highest BCUT2D eigenvalue weighted by atomic mass is 32.2. The molecule has 4 aromatic rings. The molecular formula is C27H25N3O5S. The number of nitrogens with one attached hydrogen (secondary N) is 1. The Kier molecular flexibility index (Phi) is 6.24. The molecule has 1 N–H and O–H groups in total. The highest BCUT2D eigenvalue weighted by molar-refractivity contribution is 7.90. The molecule has 36 heavy (non-hydrogen) atoms. The lowest BCUT2D eigenvalue weighted by molar-refractivity contribution is 0.0656. The van der Waals surface area contributed by atoms with Crippen LogP contribution in [0.3, 0.4) is 0 Å². The number of carbonyl (C=O) groups is 2. The van der Waals surface area contributed by atoms with Crippen LogP contribution in [-0.2, 0) is 14.8 Å². The fourth-order valence-electron chi connectivity index (χ4n) is 4.40. The fraction of sp³-hybridized carbons (Fsp3) is 0.185. The minimum atomic E-state index is -3.90. The number of benzene rings is 3. The molecule has 0 bridgehead atoms. The first-order valence-corrected chi connectivity index (χ1v) is 12.9. The van der Waals surface area contributed by atoms with Crippen molar-refractivity contribution in [2.45, 2.75) is 4.90 Å². The van der Waals surface area contributed by atoms with Crippen LogP contribution >= 0.6 is 0 Å². The molecule has 1 aliphatic heterocycles. The predicted molar refractivity (Wildman–Crippen MR) is 136 cm³/mol. The van der Waals surface area contributed by atoms with E-state index in [1.165, 1.54) is 35.3 Å². The molecular weight excluding hydrogens is 478 g/mol. The highest BCUT2D eigenvalue weighted by Crippen LogP contribution is 2.33. The SMILES string of the molecule is COC(=O)N1CC(CNC(=O)c2ccc(S(=O)(=O)n3cc(-c4ccccc4)c4ccccc43)cc2)C1. The second-order valence-corrected chi connectivity index (χ2v) is 10.5. The zero-order valence-corrected chi connectivity index (χ0v) is 20.4. The molecule has 0 atom stereocenters. The number of amides is 2. The summed E-state index contributed by atoms with van der Waals surface area (Å²) in [5, 5.41) is 3.68. The van der Waals surface area contributed by atoms with E-state index in [0.717, 1.165) is 16.5 Å². The van der Waals surface area contributed by atoms with Gasteiger partial charge in [-0.1, -0.05) is 48.5 Å². The molecule has 1 aromatic heterocycles. The van der Waals surface area contributed by atoms with Crippen LogP contribution in [0.25, 0.3) is 22.0 Å². The molecule has 0 radical (unpaired) electrons. The van der Waals surface area contributed by atoms with E-state index in [1.807, 2.05) is 48.5 Å². The lowest BCUT2D eigenvalue weighted by Crippen LogP contribution is -2.53. The molecule has 9 heteroatoms. The largest absolute Gasteiger partial charge is 0.453 e. The molecule has 0 unspecified atom stereocenters. The normalized spacial score (nSPS) is 13.9. The summed E-state index contributed by atoms with van der Waals surface area (Å²) in [5.41, 5.74) is 2.70. The van der Waals surface area contributed by atoms with Crippen molar-refractivity contribution in [2.24, 2.45) is 5.92 Å². The fourth-order valence-corrected chi connectivity index (χ4v) is 5.77. The van der Waals surface area contributed by atoms with Crippen LogP contribution in [0.15, 0.2) is 90.0 Å². The van der Waals surface area contributed by atoms with Crippen molar-refractivity contribution < 1.29 is 22.7 Å². The van der Waals surface area contributed by atoms with Gasteiger partial charge in [0.1, 0.15) is 0 Å². The maximum atomic E-state index is 13.6. The summed E-state index contributed by atoms with van der Waals surface area (Å²) in [6.07, 6.45) is 1.27. The number of fused-ring (bicyclic) bond motifs is 1. The van der Waals surface area contributed by atoms with Crippen molar-refractivity contribution in [3.05, 3.63) is 90.6 Å². The number of likely N-dealkylation sites (tertiary alicyclic amines) is 1. The number of para-hydroxylation sites is 1.